The molecule has 1 aliphatic rings. The van der Waals surface area contributed by atoms with Crippen molar-refractivity contribution in [1.29, 1.82) is 0 Å². The molecule has 20 heavy (non-hydrogen) atoms. The summed E-state index contributed by atoms with van der Waals surface area (Å²) in [6.07, 6.45) is 1.88. The lowest BCUT2D eigenvalue weighted by atomic mass is 10.1. The van der Waals surface area contributed by atoms with E-state index in [9.17, 15) is 0 Å². The van der Waals surface area contributed by atoms with Crippen LogP contribution in [0.2, 0.25) is 5.02 Å². The highest BCUT2D eigenvalue weighted by Gasteiger charge is 2.22. The topological polar surface area (TPSA) is 25.4 Å². The highest BCUT2D eigenvalue weighted by atomic mass is 79.9. The summed E-state index contributed by atoms with van der Waals surface area (Å²) in [5.74, 6) is 0.982. The highest BCUT2D eigenvalue weighted by Crippen LogP contribution is 2.26. The second kappa shape index (κ2) is 6.12. The van der Waals surface area contributed by atoms with Crippen molar-refractivity contribution >= 4 is 33.3 Å². The average molecular weight is 354 g/mol. The number of halogens is 2. The summed E-state index contributed by atoms with van der Waals surface area (Å²) in [6.45, 7) is 2.36. The number of morpholine rings is 1. The minimum absolute atomic E-state index is 0.0615. The molecule has 0 aliphatic carbocycles. The maximum absolute atomic E-state index is 5.92. The summed E-state index contributed by atoms with van der Waals surface area (Å²) < 4.78 is 6.85. The third kappa shape index (κ3) is 3.14. The monoisotopic (exact) mass is 352 g/mol. The standard InChI is InChI=1S/C15H14BrClN2O/c16-12-3-6-15(18-9-12)19-7-8-20-14(10-19)11-1-4-13(17)5-2-11/h1-6,9,14H,7-8,10H2. The summed E-state index contributed by atoms with van der Waals surface area (Å²) >= 11 is 9.33. The van der Waals surface area contributed by atoms with E-state index in [-0.39, 0.29) is 6.10 Å². The lowest BCUT2D eigenvalue weighted by molar-refractivity contribution is 0.0395. The van der Waals surface area contributed by atoms with Crippen LogP contribution in [0.25, 0.3) is 0 Å². The molecule has 0 radical (unpaired) electrons. The van der Waals surface area contributed by atoms with E-state index in [1.807, 2.05) is 42.6 Å². The van der Waals surface area contributed by atoms with Crippen LogP contribution in [0.1, 0.15) is 11.7 Å². The van der Waals surface area contributed by atoms with E-state index in [2.05, 4.69) is 25.8 Å². The zero-order valence-electron chi connectivity index (χ0n) is 10.8. The van der Waals surface area contributed by atoms with Crippen LogP contribution in [0.3, 0.4) is 0 Å². The Balaban J connectivity index is 1.76. The second-order valence-electron chi connectivity index (χ2n) is 4.69. The minimum Gasteiger partial charge on any atom is -0.370 e. The highest BCUT2D eigenvalue weighted by molar-refractivity contribution is 9.10. The van der Waals surface area contributed by atoms with Crippen LogP contribution in [0, 0.1) is 0 Å². The maximum atomic E-state index is 5.92. The fourth-order valence-electron chi connectivity index (χ4n) is 2.29. The molecular weight excluding hydrogens is 340 g/mol. The number of benzene rings is 1. The molecule has 3 nitrogen and oxygen atoms in total. The molecule has 2 heterocycles. The molecular formula is C15H14BrClN2O. The van der Waals surface area contributed by atoms with Gasteiger partial charge in [-0.1, -0.05) is 23.7 Å². The number of anilines is 1. The van der Waals surface area contributed by atoms with Crippen molar-refractivity contribution in [2.75, 3.05) is 24.6 Å². The van der Waals surface area contributed by atoms with E-state index in [1.54, 1.807) is 0 Å². The van der Waals surface area contributed by atoms with Crippen LogP contribution in [0.5, 0.6) is 0 Å². The Morgan fingerprint density at radius 1 is 1.20 bits per heavy atom. The van der Waals surface area contributed by atoms with Crippen LogP contribution in [0.4, 0.5) is 5.82 Å². The lowest BCUT2D eigenvalue weighted by Crippen LogP contribution is -2.38. The first-order valence-electron chi connectivity index (χ1n) is 6.46. The average Bonchev–Trinajstić information content (AvgIpc) is 2.49. The van der Waals surface area contributed by atoms with E-state index < -0.39 is 0 Å². The normalized spacial score (nSPS) is 19.1. The van der Waals surface area contributed by atoms with Gasteiger partial charge in [-0.25, -0.2) is 4.98 Å². The Morgan fingerprint density at radius 2 is 2.00 bits per heavy atom. The van der Waals surface area contributed by atoms with Crippen LogP contribution in [-0.4, -0.2) is 24.7 Å². The van der Waals surface area contributed by atoms with Crippen molar-refractivity contribution in [2.24, 2.45) is 0 Å². The number of rotatable bonds is 2. The van der Waals surface area contributed by atoms with Crippen molar-refractivity contribution < 1.29 is 4.74 Å². The zero-order chi connectivity index (χ0) is 13.9. The largest absolute Gasteiger partial charge is 0.370 e. The summed E-state index contributed by atoms with van der Waals surface area (Å²) in [5, 5.41) is 0.746. The first-order valence-corrected chi connectivity index (χ1v) is 7.63. The molecule has 0 bridgehead atoms. The van der Waals surface area contributed by atoms with E-state index in [1.165, 1.54) is 0 Å². The van der Waals surface area contributed by atoms with Gasteiger partial charge in [-0.15, -0.1) is 0 Å². The number of ether oxygens (including phenoxy) is 1. The molecule has 1 unspecified atom stereocenters. The van der Waals surface area contributed by atoms with Crippen LogP contribution >= 0.6 is 27.5 Å². The molecule has 1 aliphatic heterocycles. The Bertz CT molecular complexity index is 522. The molecule has 0 N–H and O–H groups in total. The van der Waals surface area contributed by atoms with Gasteiger partial charge in [0.05, 0.1) is 6.61 Å². The van der Waals surface area contributed by atoms with Gasteiger partial charge in [0.2, 0.25) is 0 Å². The maximum Gasteiger partial charge on any atom is 0.128 e. The number of hydrogen-bond acceptors (Lipinski definition) is 3. The minimum atomic E-state index is 0.0615. The zero-order valence-corrected chi connectivity index (χ0v) is 13.1. The van der Waals surface area contributed by atoms with Crippen molar-refractivity contribution in [3.8, 4) is 0 Å². The molecule has 104 valence electrons. The molecule has 1 aromatic heterocycles. The molecule has 1 fully saturated rings. The molecule has 1 saturated heterocycles. The first kappa shape index (κ1) is 13.9. The van der Waals surface area contributed by atoms with Crippen molar-refractivity contribution in [1.82, 2.24) is 4.98 Å². The Kier molecular flexibility index (Phi) is 4.24. The number of aromatic nitrogens is 1. The van der Waals surface area contributed by atoms with Gasteiger partial charge in [-0.3, -0.25) is 0 Å². The van der Waals surface area contributed by atoms with Crippen LogP contribution in [-0.2, 0) is 4.74 Å². The predicted octanol–water partition coefficient (Wildman–Crippen LogP) is 4.08. The van der Waals surface area contributed by atoms with Gasteiger partial charge in [0, 0.05) is 28.8 Å². The Labute approximate surface area is 131 Å². The SMILES string of the molecule is Clc1ccc(C2CN(c3ccc(Br)cn3)CCO2)cc1. The van der Waals surface area contributed by atoms with E-state index >= 15 is 0 Å². The summed E-state index contributed by atoms with van der Waals surface area (Å²) in [6, 6.07) is 11.9. The van der Waals surface area contributed by atoms with Crippen molar-refractivity contribution in [3.05, 3.63) is 57.7 Å². The van der Waals surface area contributed by atoms with E-state index in [0.29, 0.717) is 6.61 Å². The Hall–Kier alpha value is -1.10. The van der Waals surface area contributed by atoms with Crippen LogP contribution in [0.15, 0.2) is 47.1 Å². The molecule has 5 heteroatoms. The van der Waals surface area contributed by atoms with Gasteiger partial charge in [-0.2, -0.15) is 0 Å². The van der Waals surface area contributed by atoms with Gasteiger partial charge >= 0.3 is 0 Å². The van der Waals surface area contributed by atoms with E-state index in [0.717, 1.165) is 34.0 Å². The van der Waals surface area contributed by atoms with Crippen LogP contribution < -0.4 is 4.90 Å². The van der Waals surface area contributed by atoms with Crippen molar-refractivity contribution in [2.45, 2.75) is 6.10 Å². The van der Waals surface area contributed by atoms with Gasteiger partial charge < -0.3 is 9.64 Å². The molecule has 3 rings (SSSR count). The van der Waals surface area contributed by atoms with Crippen molar-refractivity contribution in [3.63, 3.8) is 0 Å². The number of hydrogen-bond donors (Lipinski definition) is 0. The van der Waals surface area contributed by atoms with Gasteiger partial charge in [0.25, 0.3) is 0 Å². The summed E-state index contributed by atoms with van der Waals surface area (Å²) in [5.41, 5.74) is 1.15. The smallest absolute Gasteiger partial charge is 0.128 e. The Morgan fingerprint density at radius 3 is 2.70 bits per heavy atom. The third-order valence-corrected chi connectivity index (χ3v) is 4.07. The fourth-order valence-corrected chi connectivity index (χ4v) is 2.65. The lowest BCUT2D eigenvalue weighted by Gasteiger charge is -2.34. The molecule has 0 saturated carbocycles. The quantitative estimate of drug-likeness (QED) is 0.813. The van der Waals surface area contributed by atoms with E-state index in [4.69, 9.17) is 16.3 Å². The van der Waals surface area contributed by atoms with Gasteiger partial charge in [-0.05, 0) is 45.8 Å². The molecule has 1 aromatic carbocycles. The summed E-state index contributed by atoms with van der Waals surface area (Å²) in [4.78, 5) is 6.69. The molecule has 0 amide bonds. The number of pyridine rings is 1. The molecule has 1 atom stereocenters. The number of nitrogens with zero attached hydrogens (tertiary/aromatic N) is 2. The fraction of sp³-hybridized carbons (Fsp3) is 0.267. The molecule has 2 aromatic rings. The van der Waals surface area contributed by atoms with Gasteiger partial charge in [0.15, 0.2) is 0 Å². The third-order valence-electron chi connectivity index (χ3n) is 3.34. The summed E-state index contributed by atoms with van der Waals surface area (Å²) in [7, 11) is 0. The predicted molar refractivity (Wildman–Crippen MR) is 84.3 cm³/mol. The molecule has 0 spiro atoms. The second-order valence-corrected chi connectivity index (χ2v) is 6.04. The first-order chi connectivity index (χ1) is 9.72. The van der Waals surface area contributed by atoms with Gasteiger partial charge in [0.1, 0.15) is 11.9 Å².